The number of nitrogens with two attached hydrogens (primary N) is 1. The molecule has 2 fully saturated rings. The summed E-state index contributed by atoms with van der Waals surface area (Å²) in [5, 5.41) is 0. The van der Waals surface area contributed by atoms with Crippen LogP contribution in [0.5, 0.6) is 0 Å². The number of piperidine rings is 1. The predicted octanol–water partition coefficient (Wildman–Crippen LogP) is 0.307. The minimum atomic E-state index is -3.36. The number of nitrogens with one attached hydrogen (secondary N) is 1. The lowest BCUT2D eigenvalue weighted by molar-refractivity contribution is 0.0583. The Morgan fingerprint density at radius 3 is 2.40 bits per heavy atom. The van der Waals surface area contributed by atoms with E-state index >= 15 is 0 Å². The Kier molecular flexibility index (Phi) is 5.80. The van der Waals surface area contributed by atoms with Gasteiger partial charge in [-0.1, -0.05) is 0 Å². The van der Waals surface area contributed by atoms with E-state index in [1.54, 1.807) is 4.31 Å². The molecule has 2 saturated heterocycles. The van der Waals surface area contributed by atoms with Gasteiger partial charge in [0.1, 0.15) is 0 Å². The summed E-state index contributed by atoms with van der Waals surface area (Å²) in [6.07, 6.45) is 3.59. The molecule has 1 unspecified atom stereocenters. The molecule has 0 amide bonds. The van der Waals surface area contributed by atoms with Gasteiger partial charge in [0, 0.05) is 32.3 Å². The molecule has 6 nitrogen and oxygen atoms in total. The average molecular weight is 305 g/mol. The van der Waals surface area contributed by atoms with Gasteiger partial charge in [0.15, 0.2) is 0 Å². The van der Waals surface area contributed by atoms with Gasteiger partial charge in [0.2, 0.25) is 0 Å². The van der Waals surface area contributed by atoms with Crippen LogP contribution in [0.15, 0.2) is 0 Å². The second kappa shape index (κ2) is 7.17. The van der Waals surface area contributed by atoms with E-state index in [9.17, 15) is 8.42 Å². The zero-order chi connectivity index (χ0) is 14.6. The highest BCUT2D eigenvalue weighted by Gasteiger charge is 2.30. The lowest BCUT2D eigenvalue weighted by Gasteiger charge is -2.33. The lowest BCUT2D eigenvalue weighted by atomic mass is 9.94. The maximum Gasteiger partial charge on any atom is 0.279 e. The molecule has 0 radical (unpaired) electrons. The highest BCUT2D eigenvalue weighted by molar-refractivity contribution is 7.87. The minimum Gasteiger partial charge on any atom is -0.381 e. The number of hydrogen-bond donors (Lipinski definition) is 2. The van der Waals surface area contributed by atoms with Crippen LogP contribution in [-0.2, 0) is 14.9 Å². The Labute approximate surface area is 122 Å². The zero-order valence-electron chi connectivity index (χ0n) is 12.3. The molecule has 2 aliphatic rings. The summed E-state index contributed by atoms with van der Waals surface area (Å²) in [4.78, 5) is 0. The molecule has 0 aromatic heterocycles. The topological polar surface area (TPSA) is 84.7 Å². The van der Waals surface area contributed by atoms with Crippen LogP contribution in [0.2, 0.25) is 0 Å². The summed E-state index contributed by atoms with van der Waals surface area (Å²) in [5.74, 6) is 0.842. The maximum absolute atomic E-state index is 12.4. The van der Waals surface area contributed by atoms with Crippen LogP contribution in [0.1, 0.15) is 32.6 Å². The van der Waals surface area contributed by atoms with E-state index in [2.05, 4.69) is 4.72 Å². The molecule has 2 heterocycles. The zero-order valence-corrected chi connectivity index (χ0v) is 13.1. The number of rotatable bonds is 5. The molecule has 0 aliphatic carbocycles. The molecule has 7 heteroatoms. The molecular formula is C13H27N3O3S. The van der Waals surface area contributed by atoms with E-state index in [1.807, 2.05) is 6.92 Å². The van der Waals surface area contributed by atoms with Gasteiger partial charge in [0.25, 0.3) is 10.2 Å². The fourth-order valence-corrected chi connectivity index (χ4v) is 4.51. The Hall–Kier alpha value is -0.210. The van der Waals surface area contributed by atoms with Crippen LogP contribution in [0.4, 0.5) is 0 Å². The second-order valence-electron chi connectivity index (χ2n) is 5.94. The Morgan fingerprint density at radius 2 is 1.85 bits per heavy atom. The smallest absolute Gasteiger partial charge is 0.279 e. The number of ether oxygens (including phenoxy) is 1. The normalized spacial score (nSPS) is 25.7. The van der Waals surface area contributed by atoms with Crippen molar-refractivity contribution in [1.29, 1.82) is 0 Å². The standard InChI is InChI=1S/C13H27N3O3S/c1-11(13-4-8-19-9-5-13)15-20(17,18)16-6-2-12(10-14)3-7-16/h11-13,15H,2-10,14H2,1H3. The van der Waals surface area contributed by atoms with E-state index in [1.165, 1.54) is 0 Å². The first-order valence-electron chi connectivity index (χ1n) is 7.58. The molecule has 0 bridgehead atoms. The van der Waals surface area contributed by atoms with Gasteiger partial charge in [-0.25, -0.2) is 0 Å². The molecule has 0 saturated carbocycles. The first-order chi connectivity index (χ1) is 9.53. The predicted molar refractivity (Wildman–Crippen MR) is 78.4 cm³/mol. The minimum absolute atomic E-state index is 0.0314. The monoisotopic (exact) mass is 305 g/mol. The van der Waals surface area contributed by atoms with E-state index in [4.69, 9.17) is 10.5 Å². The Bertz CT molecular complexity index is 388. The van der Waals surface area contributed by atoms with E-state index in [0.29, 0.717) is 31.5 Å². The van der Waals surface area contributed by atoms with Crippen molar-refractivity contribution >= 4 is 10.2 Å². The van der Waals surface area contributed by atoms with Crippen molar-refractivity contribution in [1.82, 2.24) is 9.03 Å². The third-order valence-electron chi connectivity index (χ3n) is 4.55. The first-order valence-corrected chi connectivity index (χ1v) is 9.02. The first kappa shape index (κ1) is 16.2. The lowest BCUT2D eigenvalue weighted by Crippen LogP contribution is -2.50. The molecule has 0 aromatic carbocycles. The van der Waals surface area contributed by atoms with Crippen LogP contribution in [-0.4, -0.2) is 51.6 Å². The maximum atomic E-state index is 12.4. The molecule has 1 atom stereocenters. The van der Waals surface area contributed by atoms with Gasteiger partial charge in [-0.15, -0.1) is 0 Å². The Morgan fingerprint density at radius 1 is 1.25 bits per heavy atom. The van der Waals surface area contributed by atoms with E-state index in [-0.39, 0.29) is 6.04 Å². The van der Waals surface area contributed by atoms with Crippen molar-refractivity contribution in [2.75, 3.05) is 32.8 Å². The van der Waals surface area contributed by atoms with E-state index in [0.717, 1.165) is 38.9 Å². The van der Waals surface area contributed by atoms with Gasteiger partial charge >= 0.3 is 0 Å². The second-order valence-corrected chi connectivity index (χ2v) is 7.64. The van der Waals surface area contributed by atoms with Gasteiger partial charge in [-0.2, -0.15) is 17.4 Å². The van der Waals surface area contributed by atoms with Crippen molar-refractivity contribution < 1.29 is 13.2 Å². The van der Waals surface area contributed by atoms with Crippen molar-refractivity contribution in [3.63, 3.8) is 0 Å². The summed E-state index contributed by atoms with van der Waals surface area (Å²) in [6.45, 7) is 5.24. The van der Waals surface area contributed by atoms with Crippen LogP contribution < -0.4 is 10.5 Å². The fraction of sp³-hybridized carbons (Fsp3) is 1.00. The van der Waals surface area contributed by atoms with Crippen molar-refractivity contribution in [2.45, 2.75) is 38.6 Å². The Balaban J connectivity index is 1.87. The largest absolute Gasteiger partial charge is 0.381 e. The van der Waals surface area contributed by atoms with Crippen molar-refractivity contribution in [2.24, 2.45) is 17.6 Å². The summed E-state index contributed by atoms with van der Waals surface area (Å²) < 4.78 is 34.5. The fourth-order valence-electron chi connectivity index (χ4n) is 3.01. The molecule has 3 N–H and O–H groups in total. The summed E-state index contributed by atoms with van der Waals surface area (Å²) in [6, 6.07) is -0.0314. The molecule has 0 aromatic rings. The third-order valence-corrected chi connectivity index (χ3v) is 6.27. The van der Waals surface area contributed by atoms with Crippen LogP contribution in [0.25, 0.3) is 0 Å². The third kappa shape index (κ3) is 4.14. The van der Waals surface area contributed by atoms with Crippen molar-refractivity contribution in [3.8, 4) is 0 Å². The molecule has 20 heavy (non-hydrogen) atoms. The molecule has 0 spiro atoms. The summed E-state index contributed by atoms with van der Waals surface area (Å²) in [7, 11) is -3.36. The van der Waals surface area contributed by atoms with Gasteiger partial charge in [-0.3, -0.25) is 0 Å². The summed E-state index contributed by atoms with van der Waals surface area (Å²) in [5.41, 5.74) is 5.64. The van der Waals surface area contributed by atoms with Crippen LogP contribution >= 0.6 is 0 Å². The van der Waals surface area contributed by atoms with Crippen LogP contribution in [0, 0.1) is 11.8 Å². The quantitative estimate of drug-likeness (QED) is 0.765. The van der Waals surface area contributed by atoms with Gasteiger partial charge in [-0.05, 0) is 51.0 Å². The van der Waals surface area contributed by atoms with Crippen molar-refractivity contribution in [3.05, 3.63) is 0 Å². The highest BCUT2D eigenvalue weighted by atomic mass is 32.2. The SMILES string of the molecule is CC(NS(=O)(=O)N1CCC(CN)CC1)C1CCOCC1. The molecule has 118 valence electrons. The average Bonchev–Trinajstić information content (AvgIpc) is 2.48. The van der Waals surface area contributed by atoms with Gasteiger partial charge in [0.05, 0.1) is 0 Å². The van der Waals surface area contributed by atoms with E-state index < -0.39 is 10.2 Å². The number of nitrogens with zero attached hydrogens (tertiary/aromatic N) is 1. The number of hydrogen-bond acceptors (Lipinski definition) is 4. The highest BCUT2D eigenvalue weighted by Crippen LogP contribution is 2.21. The molecule has 2 aliphatic heterocycles. The van der Waals surface area contributed by atoms with Crippen LogP contribution in [0.3, 0.4) is 0 Å². The summed E-state index contributed by atoms with van der Waals surface area (Å²) >= 11 is 0. The molecular weight excluding hydrogens is 278 g/mol. The van der Waals surface area contributed by atoms with Gasteiger partial charge < -0.3 is 10.5 Å². The molecule has 2 rings (SSSR count).